The lowest BCUT2D eigenvalue weighted by molar-refractivity contribution is 0.0599. The highest BCUT2D eigenvalue weighted by Gasteiger charge is 2.23. The second-order valence-corrected chi connectivity index (χ2v) is 5.54. The van der Waals surface area contributed by atoms with Gasteiger partial charge in [0, 0.05) is 38.1 Å². The Balaban J connectivity index is 1.62. The van der Waals surface area contributed by atoms with Gasteiger partial charge >= 0.3 is 5.97 Å². The summed E-state index contributed by atoms with van der Waals surface area (Å²) in [4.78, 5) is 32.1. The third-order valence-electron chi connectivity index (χ3n) is 4.09. The summed E-state index contributed by atoms with van der Waals surface area (Å²) in [6.07, 6.45) is 1.37. The molecule has 0 radical (unpaired) electrons. The number of ether oxygens (including phenoxy) is 1. The van der Waals surface area contributed by atoms with E-state index in [2.05, 4.69) is 26.8 Å². The van der Waals surface area contributed by atoms with Gasteiger partial charge in [0.2, 0.25) is 0 Å². The Labute approximate surface area is 140 Å². The summed E-state index contributed by atoms with van der Waals surface area (Å²) in [5, 5.41) is 0. The van der Waals surface area contributed by atoms with Gasteiger partial charge in [-0.25, -0.2) is 4.79 Å². The Morgan fingerprint density at radius 3 is 2.29 bits per heavy atom. The lowest BCUT2D eigenvalue weighted by atomic mass is 10.2. The maximum Gasteiger partial charge on any atom is 0.339 e. The van der Waals surface area contributed by atoms with Crippen molar-refractivity contribution in [3.05, 3.63) is 59.9 Å². The average molecular weight is 325 g/mol. The molecule has 1 saturated heterocycles. The zero-order valence-electron chi connectivity index (χ0n) is 13.5. The molecule has 0 spiro atoms. The molecular formula is C18H19N3O3. The summed E-state index contributed by atoms with van der Waals surface area (Å²) < 4.78 is 4.63. The zero-order valence-corrected chi connectivity index (χ0v) is 13.5. The Bertz CT molecular complexity index is 708. The number of amides is 1. The smallest absolute Gasteiger partial charge is 0.339 e. The van der Waals surface area contributed by atoms with E-state index in [1.54, 1.807) is 17.0 Å². The van der Waals surface area contributed by atoms with Crippen LogP contribution in [0.15, 0.2) is 48.7 Å². The van der Waals surface area contributed by atoms with Crippen molar-refractivity contribution in [2.45, 2.75) is 0 Å². The highest BCUT2D eigenvalue weighted by atomic mass is 16.5. The quantitative estimate of drug-likeness (QED) is 0.806. The minimum atomic E-state index is -0.460. The van der Waals surface area contributed by atoms with Crippen LogP contribution in [0.2, 0.25) is 0 Å². The van der Waals surface area contributed by atoms with E-state index >= 15 is 0 Å². The highest BCUT2D eigenvalue weighted by molar-refractivity contribution is 5.94. The molecule has 0 unspecified atom stereocenters. The average Bonchev–Trinajstić information content (AvgIpc) is 2.68. The molecule has 1 aliphatic rings. The summed E-state index contributed by atoms with van der Waals surface area (Å²) in [5.74, 6) is -0.572. The first-order valence-corrected chi connectivity index (χ1v) is 7.82. The number of rotatable bonds is 3. The first-order valence-electron chi connectivity index (χ1n) is 7.82. The fourth-order valence-corrected chi connectivity index (χ4v) is 2.73. The van der Waals surface area contributed by atoms with Crippen molar-refractivity contribution in [2.75, 3.05) is 38.2 Å². The molecule has 0 saturated carbocycles. The van der Waals surface area contributed by atoms with Gasteiger partial charge in [-0.3, -0.25) is 9.78 Å². The number of benzene rings is 1. The summed E-state index contributed by atoms with van der Waals surface area (Å²) in [5.41, 5.74) is 1.85. The van der Waals surface area contributed by atoms with Crippen LogP contribution in [0.1, 0.15) is 20.8 Å². The van der Waals surface area contributed by atoms with Crippen LogP contribution in [0.3, 0.4) is 0 Å². The van der Waals surface area contributed by atoms with Crippen LogP contribution in [0.25, 0.3) is 0 Å². The molecule has 1 fully saturated rings. The number of aromatic nitrogens is 1. The predicted octanol–water partition coefficient (Wildman–Crippen LogP) is 1.83. The number of carbonyl (C=O) groups is 2. The highest BCUT2D eigenvalue weighted by Crippen LogP contribution is 2.16. The van der Waals surface area contributed by atoms with Crippen molar-refractivity contribution in [1.29, 1.82) is 0 Å². The van der Waals surface area contributed by atoms with Crippen LogP contribution in [0.4, 0.5) is 5.69 Å². The van der Waals surface area contributed by atoms with E-state index in [0.29, 0.717) is 24.3 Å². The van der Waals surface area contributed by atoms with E-state index in [1.807, 2.05) is 18.2 Å². The number of piperazine rings is 1. The van der Waals surface area contributed by atoms with Crippen molar-refractivity contribution in [3.8, 4) is 0 Å². The molecule has 124 valence electrons. The van der Waals surface area contributed by atoms with Crippen LogP contribution < -0.4 is 4.90 Å². The molecular weight excluding hydrogens is 306 g/mol. The van der Waals surface area contributed by atoms with E-state index in [0.717, 1.165) is 13.1 Å². The maximum atomic E-state index is 12.5. The molecule has 2 aromatic rings. The molecule has 1 amide bonds. The van der Waals surface area contributed by atoms with Gasteiger partial charge in [0.1, 0.15) is 5.69 Å². The summed E-state index contributed by atoms with van der Waals surface area (Å²) >= 11 is 0. The molecule has 0 aliphatic carbocycles. The fraction of sp³-hybridized carbons (Fsp3) is 0.278. The molecule has 6 nitrogen and oxygen atoms in total. The van der Waals surface area contributed by atoms with Gasteiger partial charge in [-0.2, -0.15) is 0 Å². The van der Waals surface area contributed by atoms with Gasteiger partial charge in [0.15, 0.2) is 0 Å². The van der Waals surface area contributed by atoms with Gasteiger partial charge in [-0.15, -0.1) is 0 Å². The zero-order chi connectivity index (χ0) is 16.9. The van der Waals surface area contributed by atoms with Crippen molar-refractivity contribution < 1.29 is 14.3 Å². The second kappa shape index (κ2) is 7.12. The number of para-hydroxylation sites is 1. The van der Waals surface area contributed by atoms with Crippen molar-refractivity contribution in [3.63, 3.8) is 0 Å². The van der Waals surface area contributed by atoms with E-state index < -0.39 is 5.97 Å². The molecule has 1 aromatic heterocycles. The Kier molecular flexibility index (Phi) is 4.74. The molecule has 3 rings (SSSR count). The first kappa shape index (κ1) is 16.0. The number of pyridine rings is 1. The number of hydrogen-bond acceptors (Lipinski definition) is 5. The van der Waals surface area contributed by atoms with Crippen LogP contribution in [-0.2, 0) is 4.74 Å². The first-order chi connectivity index (χ1) is 11.7. The molecule has 1 aromatic carbocycles. The van der Waals surface area contributed by atoms with E-state index in [9.17, 15) is 9.59 Å². The van der Waals surface area contributed by atoms with Crippen LogP contribution in [0.5, 0.6) is 0 Å². The van der Waals surface area contributed by atoms with Gasteiger partial charge in [-0.05, 0) is 24.3 Å². The molecule has 6 heteroatoms. The minimum absolute atomic E-state index is 0.112. The number of anilines is 1. The van der Waals surface area contributed by atoms with E-state index in [1.165, 1.54) is 19.0 Å². The predicted molar refractivity (Wildman–Crippen MR) is 90.1 cm³/mol. The second-order valence-electron chi connectivity index (χ2n) is 5.54. The van der Waals surface area contributed by atoms with E-state index in [-0.39, 0.29) is 5.91 Å². The van der Waals surface area contributed by atoms with Crippen molar-refractivity contribution in [1.82, 2.24) is 9.88 Å². The lowest BCUT2D eigenvalue weighted by Crippen LogP contribution is -2.49. The largest absolute Gasteiger partial charge is 0.465 e. The topological polar surface area (TPSA) is 62.7 Å². The Morgan fingerprint density at radius 2 is 1.71 bits per heavy atom. The van der Waals surface area contributed by atoms with Crippen LogP contribution in [0, 0.1) is 0 Å². The molecule has 0 N–H and O–H groups in total. The number of esters is 1. The Hall–Kier alpha value is -2.89. The molecule has 1 aliphatic heterocycles. The summed E-state index contributed by atoms with van der Waals surface area (Å²) in [7, 11) is 1.31. The number of nitrogens with zero attached hydrogens (tertiary/aromatic N) is 3. The maximum absolute atomic E-state index is 12.5. The van der Waals surface area contributed by atoms with Gasteiger partial charge in [0.25, 0.3) is 5.91 Å². The molecule has 0 bridgehead atoms. The van der Waals surface area contributed by atoms with Gasteiger partial charge in [-0.1, -0.05) is 18.2 Å². The van der Waals surface area contributed by atoms with Crippen LogP contribution in [-0.4, -0.2) is 55.0 Å². The van der Waals surface area contributed by atoms with E-state index in [4.69, 9.17) is 0 Å². The Morgan fingerprint density at radius 1 is 1.00 bits per heavy atom. The molecule has 0 atom stereocenters. The number of methoxy groups -OCH3 is 1. The van der Waals surface area contributed by atoms with Crippen molar-refractivity contribution in [2.24, 2.45) is 0 Å². The monoisotopic (exact) mass is 325 g/mol. The van der Waals surface area contributed by atoms with Crippen LogP contribution >= 0.6 is 0 Å². The van der Waals surface area contributed by atoms with Gasteiger partial charge in [0.05, 0.1) is 12.7 Å². The normalized spacial score (nSPS) is 14.4. The minimum Gasteiger partial charge on any atom is -0.465 e. The lowest BCUT2D eigenvalue weighted by Gasteiger charge is -2.36. The number of hydrogen-bond donors (Lipinski definition) is 0. The third kappa shape index (κ3) is 3.37. The molecule has 2 heterocycles. The van der Waals surface area contributed by atoms with Gasteiger partial charge < -0.3 is 14.5 Å². The standard InChI is InChI=1S/C18H19N3O3/c1-24-18(23)14-7-8-16(19-13-14)17(22)21-11-9-20(10-12-21)15-5-3-2-4-6-15/h2-8,13H,9-12H2,1H3. The summed E-state index contributed by atoms with van der Waals surface area (Å²) in [6, 6.07) is 13.3. The fourth-order valence-electron chi connectivity index (χ4n) is 2.73. The summed E-state index contributed by atoms with van der Waals surface area (Å²) in [6.45, 7) is 2.87. The van der Waals surface area contributed by atoms with Crippen molar-refractivity contribution >= 4 is 17.6 Å². The SMILES string of the molecule is COC(=O)c1ccc(C(=O)N2CCN(c3ccccc3)CC2)nc1. The third-order valence-corrected chi connectivity index (χ3v) is 4.09. The molecule has 24 heavy (non-hydrogen) atoms. The number of carbonyl (C=O) groups excluding carboxylic acids is 2.